The maximum absolute atomic E-state index is 11.5. The lowest BCUT2D eigenvalue weighted by Crippen LogP contribution is -2.32. The molecular weight excluding hydrogens is 178 g/mol. The van der Waals surface area contributed by atoms with Crippen LogP contribution in [0.2, 0.25) is 0 Å². The van der Waals surface area contributed by atoms with Gasteiger partial charge in [0.15, 0.2) is 0 Å². The van der Waals surface area contributed by atoms with Gasteiger partial charge in [-0.3, -0.25) is 4.90 Å². The highest BCUT2D eigenvalue weighted by Gasteiger charge is 2.36. The van der Waals surface area contributed by atoms with Crippen LogP contribution in [0.5, 0.6) is 0 Å². The van der Waals surface area contributed by atoms with E-state index in [1.807, 2.05) is 44.2 Å². The third-order valence-electron chi connectivity index (χ3n) is 2.60. The number of nitrogens with zero attached hydrogens (tertiary/aromatic N) is 1. The molecule has 0 bridgehead atoms. The summed E-state index contributed by atoms with van der Waals surface area (Å²) in [6, 6.07) is 9.69. The van der Waals surface area contributed by atoms with Crippen molar-refractivity contribution in [3.63, 3.8) is 0 Å². The van der Waals surface area contributed by atoms with Crippen molar-refractivity contribution in [2.24, 2.45) is 0 Å². The Bertz CT molecular complexity index is 336. The zero-order valence-corrected chi connectivity index (χ0v) is 8.31. The number of hydrogen-bond donors (Lipinski definition) is 0. The van der Waals surface area contributed by atoms with E-state index in [1.54, 1.807) is 4.90 Å². The minimum atomic E-state index is -0.254. The van der Waals surface area contributed by atoms with Crippen LogP contribution in [0, 0.1) is 0 Å². The third-order valence-corrected chi connectivity index (χ3v) is 2.60. The summed E-state index contributed by atoms with van der Waals surface area (Å²) in [4.78, 5) is 13.2. The van der Waals surface area contributed by atoms with Crippen LogP contribution in [0.1, 0.15) is 13.8 Å². The van der Waals surface area contributed by atoms with Gasteiger partial charge >= 0.3 is 6.09 Å². The summed E-state index contributed by atoms with van der Waals surface area (Å²) in [5, 5.41) is 0. The molecule has 1 aromatic rings. The third kappa shape index (κ3) is 1.35. The quantitative estimate of drug-likeness (QED) is 0.682. The van der Waals surface area contributed by atoms with Gasteiger partial charge in [0, 0.05) is 5.69 Å². The van der Waals surface area contributed by atoms with Crippen LogP contribution < -0.4 is 4.90 Å². The number of ether oxygens (including phenoxy) is 1. The molecule has 0 radical (unpaired) electrons. The topological polar surface area (TPSA) is 29.5 Å². The van der Waals surface area contributed by atoms with Gasteiger partial charge in [-0.05, 0) is 26.0 Å². The highest BCUT2D eigenvalue weighted by atomic mass is 16.6. The van der Waals surface area contributed by atoms with Crippen LogP contribution in [0.15, 0.2) is 30.3 Å². The van der Waals surface area contributed by atoms with Crippen molar-refractivity contribution in [1.29, 1.82) is 0 Å². The highest BCUT2D eigenvalue weighted by Crippen LogP contribution is 2.25. The summed E-state index contributed by atoms with van der Waals surface area (Å²) in [5.41, 5.74) is 0.898. The number of hydrogen-bond acceptors (Lipinski definition) is 2. The van der Waals surface area contributed by atoms with Crippen molar-refractivity contribution >= 4 is 11.8 Å². The molecule has 0 unspecified atom stereocenters. The molecule has 1 fully saturated rings. The Hall–Kier alpha value is -1.51. The maximum Gasteiger partial charge on any atom is 0.415 e. The number of amides is 1. The van der Waals surface area contributed by atoms with Crippen LogP contribution >= 0.6 is 0 Å². The zero-order valence-electron chi connectivity index (χ0n) is 8.31. The molecule has 0 saturated carbocycles. The molecule has 0 aliphatic carbocycles. The first-order chi connectivity index (χ1) is 6.70. The van der Waals surface area contributed by atoms with E-state index in [1.165, 1.54) is 0 Å². The van der Waals surface area contributed by atoms with Crippen LogP contribution in [-0.4, -0.2) is 18.2 Å². The summed E-state index contributed by atoms with van der Waals surface area (Å²) in [5.74, 6) is 0. The monoisotopic (exact) mass is 191 g/mol. The molecule has 0 spiro atoms. The number of anilines is 1. The van der Waals surface area contributed by atoms with Crippen molar-refractivity contribution in [3.8, 4) is 0 Å². The average Bonchev–Trinajstić information content (AvgIpc) is 2.43. The van der Waals surface area contributed by atoms with Gasteiger partial charge in [0.05, 0.1) is 6.04 Å². The summed E-state index contributed by atoms with van der Waals surface area (Å²) in [6.07, 6.45) is -0.293. The second kappa shape index (κ2) is 3.33. The normalized spacial score (nSPS) is 26.4. The molecule has 1 heterocycles. The van der Waals surface area contributed by atoms with Gasteiger partial charge in [-0.15, -0.1) is 0 Å². The Labute approximate surface area is 83.3 Å². The number of para-hydroxylation sites is 1. The summed E-state index contributed by atoms with van der Waals surface area (Å²) >= 11 is 0. The number of benzene rings is 1. The first-order valence-corrected chi connectivity index (χ1v) is 4.75. The molecule has 0 aromatic heterocycles. The molecule has 3 heteroatoms. The lowest BCUT2D eigenvalue weighted by Gasteiger charge is -2.18. The summed E-state index contributed by atoms with van der Waals surface area (Å²) in [7, 11) is 0. The Morgan fingerprint density at radius 2 is 1.86 bits per heavy atom. The second-order valence-corrected chi connectivity index (χ2v) is 3.54. The average molecular weight is 191 g/mol. The standard InChI is InChI=1S/C11H13NO2/c1-8-9(2)14-11(13)12(8)10-6-4-3-5-7-10/h3-9H,1-2H3/t8-,9+/m1/s1. The van der Waals surface area contributed by atoms with E-state index in [-0.39, 0.29) is 18.2 Å². The molecule has 0 N–H and O–H groups in total. The largest absolute Gasteiger partial charge is 0.444 e. The molecule has 1 aliphatic rings. The van der Waals surface area contributed by atoms with Gasteiger partial charge in [0.25, 0.3) is 0 Å². The van der Waals surface area contributed by atoms with E-state index in [0.29, 0.717) is 0 Å². The minimum absolute atomic E-state index is 0.0392. The second-order valence-electron chi connectivity index (χ2n) is 3.54. The summed E-state index contributed by atoms with van der Waals surface area (Å²) in [6.45, 7) is 3.90. The molecule has 1 saturated heterocycles. The minimum Gasteiger partial charge on any atom is -0.444 e. The van der Waals surface area contributed by atoms with Gasteiger partial charge in [-0.2, -0.15) is 0 Å². The molecule has 3 nitrogen and oxygen atoms in total. The fourth-order valence-electron chi connectivity index (χ4n) is 1.62. The SMILES string of the molecule is C[C@@H]1OC(=O)N(c2ccccc2)[C@@H]1C. The van der Waals surface area contributed by atoms with E-state index in [0.717, 1.165) is 5.69 Å². The zero-order chi connectivity index (χ0) is 10.1. The number of carbonyl (C=O) groups excluding carboxylic acids is 1. The fraction of sp³-hybridized carbons (Fsp3) is 0.364. The molecule has 1 aromatic carbocycles. The lowest BCUT2D eigenvalue weighted by molar-refractivity contribution is 0.143. The van der Waals surface area contributed by atoms with Crippen molar-refractivity contribution < 1.29 is 9.53 Å². The van der Waals surface area contributed by atoms with Crippen molar-refractivity contribution in [1.82, 2.24) is 0 Å². The predicted molar refractivity (Wildman–Crippen MR) is 54.3 cm³/mol. The molecule has 14 heavy (non-hydrogen) atoms. The number of carbonyl (C=O) groups is 1. The van der Waals surface area contributed by atoms with Crippen LogP contribution in [-0.2, 0) is 4.74 Å². The van der Waals surface area contributed by atoms with Crippen LogP contribution in [0.25, 0.3) is 0 Å². The van der Waals surface area contributed by atoms with Crippen LogP contribution in [0.4, 0.5) is 10.5 Å². The first kappa shape index (κ1) is 9.06. The van der Waals surface area contributed by atoms with Crippen molar-refractivity contribution in [3.05, 3.63) is 30.3 Å². The number of rotatable bonds is 1. The molecule has 1 amide bonds. The first-order valence-electron chi connectivity index (χ1n) is 4.75. The Balaban J connectivity index is 2.31. The van der Waals surface area contributed by atoms with Gasteiger partial charge < -0.3 is 4.74 Å². The lowest BCUT2D eigenvalue weighted by atomic mass is 10.2. The maximum atomic E-state index is 11.5. The Kier molecular flexibility index (Phi) is 2.15. The predicted octanol–water partition coefficient (Wildman–Crippen LogP) is 2.42. The van der Waals surface area contributed by atoms with E-state index in [4.69, 9.17) is 4.74 Å². The fourth-order valence-corrected chi connectivity index (χ4v) is 1.62. The number of cyclic esters (lactones) is 1. The smallest absolute Gasteiger partial charge is 0.415 e. The van der Waals surface area contributed by atoms with Gasteiger partial charge in [-0.1, -0.05) is 18.2 Å². The van der Waals surface area contributed by atoms with E-state index >= 15 is 0 Å². The van der Waals surface area contributed by atoms with Crippen molar-refractivity contribution in [2.45, 2.75) is 26.0 Å². The highest BCUT2D eigenvalue weighted by molar-refractivity contribution is 5.90. The molecule has 1 aliphatic heterocycles. The van der Waals surface area contributed by atoms with Crippen molar-refractivity contribution in [2.75, 3.05) is 4.90 Å². The van der Waals surface area contributed by atoms with Gasteiger partial charge in [-0.25, -0.2) is 4.79 Å². The van der Waals surface area contributed by atoms with E-state index in [9.17, 15) is 4.79 Å². The summed E-state index contributed by atoms with van der Waals surface area (Å²) < 4.78 is 5.13. The van der Waals surface area contributed by atoms with Gasteiger partial charge in [0.1, 0.15) is 6.10 Å². The molecular formula is C11H13NO2. The molecule has 2 atom stereocenters. The molecule has 2 rings (SSSR count). The molecule has 74 valence electrons. The van der Waals surface area contributed by atoms with E-state index in [2.05, 4.69) is 0 Å². The van der Waals surface area contributed by atoms with Crippen LogP contribution in [0.3, 0.4) is 0 Å². The van der Waals surface area contributed by atoms with Gasteiger partial charge in [0.2, 0.25) is 0 Å². The van der Waals surface area contributed by atoms with E-state index < -0.39 is 0 Å². The Morgan fingerprint density at radius 3 is 2.36 bits per heavy atom. The Morgan fingerprint density at radius 1 is 1.21 bits per heavy atom.